The SMILES string of the molecule is CN=C(NCCc1ccc(OC)c(OC)c1)NCc1cccc(F)c1.I. The Labute approximate surface area is 171 Å². The molecule has 0 aliphatic rings. The maximum Gasteiger partial charge on any atom is 0.191 e. The van der Waals surface area contributed by atoms with Crippen molar-refractivity contribution in [1.29, 1.82) is 0 Å². The molecule has 2 aromatic rings. The predicted molar refractivity (Wildman–Crippen MR) is 113 cm³/mol. The van der Waals surface area contributed by atoms with Gasteiger partial charge in [-0.05, 0) is 41.8 Å². The van der Waals surface area contributed by atoms with Crippen molar-refractivity contribution in [1.82, 2.24) is 10.6 Å². The van der Waals surface area contributed by atoms with E-state index in [9.17, 15) is 4.39 Å². The summed E-state index contributed by atoms with van der Waals surface area (Å²) in [6.07, 6.45) is 0.807. The van der Waals surface area contributed by atoms with Crippen LogP contribution >= 0.6 is 24.0 Å². The minimum Gasteiger partial charge on any atom is -0.493 e. The molecule has 0 aliphatic heterocycles. The lowest BCUT2D eigenvalue weighted by atomic mass is 10.1. The number of halogens is 2. The van der Waals surface area contributed by atoms with E-state index in [0.29, 0.717) is 30.5 Å². The minimum atomic E-state index is -0.240. The molecular weight excluding hydrogens is 448 g/mol. The van der Waals surface area contributed by atoms with Crippen molar-refractivity contribution in [3.63, 3.8) is 0 Å². The average molecular weight is 473 g/mol. The lowest BCUT2D eigenvalue weighted by Gasteiger charge is -2.13. The van der Waals surface area contributed by atoms with Crippen LogP contribution < -0.4 is 20.1 Å². The Kier molecular flexibility index (Phi) is 9.79. The second kappa shape index (κ2) is 11.6. The predicted octanol–water partition coefficient (Wildman–Crippen LogP) is 3.37. The lowest BCUT2D eigenvalue weighted by Crippen LogP contribution is -2.37. The molecule has 2 N–H and O–H groups in total. The summed E-state index contributed by atoms with van der Waals surface area (Å²) >= 11 is 0. The number of nitrogens with zero attached hydrogens (tertiary/aromatic N) is 1. The Balaban J connectivity index is 0.00000338. The molecule has 0 heterocycles. The van der Waals surface area contributed by atoms with Gasteiger partial charge in [-0.25, -0.2) is 4.39 Å². The molecule has 0 amide bonds. The van der Waals surface area contributed by atoms with E-state index >= 15 is 0 Å². The van der Waals surface area contributed by atoms with E-state index < -0.39 is 0 Å². The molecule has 0 saturated carbocycles. The monoisotopic (exact) mass is 473 g/mol. The molecule has 142 valence electrons. The standard InChI is InChI=1S/C19H24FN3O2.HI/c1-21-19(23-13-15-5-4-6-16(20)11-15)22-10-9-14-7-8-17(24-2)18(12-14)25-3;/h4-8,11-12H,9-10,13H2,1-3H3,(H2,21,22,23);1H. The number of hydrogen-bond donors (Lipinski definition) is 2. The summed E-state index contributed by atoms with van der Waals surface area (Å²) in [5.74, 6) is 1.86. The van der Waals surface area contributed by atoms with E-state index in [4.69, 9.17) is 9.47 Å². The molecule has 0 saturated heterocycles. The maximum absolute atomic E-state index is 13.2. The van der Waals surface area contributed by atoms with E-state index in [0.717, 1.165) is 17.5 Å². The number of nitrogens with one attached hydrogen (secondary N) is 2. The molecule has 0 unspecified atom stereocenters. The summed E-state index contributed by atoms with van der Waals surface area (Å²) in [5.41, 5.74) is 1.99. The smallest absolute Gasteiger partial charge is 0.191 e. The first-order valence-electron chi connectivity index (χ1n) is 8.06. The molecule has 2 rings (SSSR count). The van der Waals surface area contributed by atoms with Crippen molar-refractivity contribution in [3.8, 4) is 11.5 Å². The Morgan fingerprint density at radius 1 is 1.00 bits per heavy atom. The van der Waals surface area contributed by atoms with Crippen LogP contribution in [0, 0.1) is 5.82 Å². The van der Waals surface area contributed by atoms with E-state index in [1.54, 1.807) is 27.3 Å². The number of aliphatic imine (C=N–C) groups is 1. The number of methoxy groups -OCH3 is 2. The Bertz CT molecular complexity index is 726. The molecule has 0 bridgehead atoms. The van der Waals surface area contributed by atoms with Gasteiger partial charge in [0.2, 0.25) is 0 Å². The Hall–Kier alpha value is -2.03. The summed E-state index contributed by atoms with van der Waals surface area (Å²) < 4.78 is 23.7. The molecule has 2 aromatic carbocycles. The van der Waals surface area contributed by atoms with E-state index in [2.05, 4.69) is 15.6 Å². The van der Waals surface area contributed by atoms with Crippen LogP contribution in [0.15, 0.2) is 47.5 Å². The summed E-state index contributed by atoms with van der Waals surface area (Å²) in [6.45, 7) is 1.21. The van der Waals surface area contributed by atoms with Gasteiger partial charge in [-0.1, -0.05) is 18.2 Å². The van der Waals surface area contributed by atoms with Crippen LogP contribution in [0.4, 0.5) is 4.39 Å². The highest BCUT2D eigenvalue weighted by Gasteiger charge is 2.05. The second-order valence-corrected chi connectivity index (χ2v) is 5.42. The third kappa shape index (κ3) is 6.70. The van der Waals surface area contributed by atoms with Gasteiger partial charge in [-0.2, -0.15) is 0 Å². The first kappa shape index (κ1) is 22.0. The molecule has 0 radical (unpaired) electrons. The molecule has 7 heteroatoms. The lowest BCUT2D eigenvalue weighted by molar-refractivity contribution is 0.354. The molecule has 0 aliphatic carbocycles. The largest absolute Gasteiger partial charge is 0.493 e. The zero-order valence-electron chi connectivity index (χ0n) is 15.2. The first-order valence-corrected chi connectivity index (χ1v) is 8.06. The maximum atomic E-state index is 13.2. The van der Waals surface area contributed by atoms with Gasteiger partial charge in [0.25, 0.3) is 0 Å². The number of benzene rings is 2. The van der Waals surface area contributed by atoms with Crippen molar-refractivity contribution in [2.24, 2.45) is 4.99 Å². The van der Waals surface area contributed by atoms with Gasteiger partial charge >= 0.3 is 0 Å². The zero-order chi connectivity index (χ0) is 18.1. The highest BCUT2D eigenvalue weighted by Crippen LogP contribution is 2.27. The highest BCUT2D eigenvalue weighted by molar-refractivity contribution is 14.0. The van der Waals surface area contributed by atoms with Crippen molar-refractivity contribution in [2.75, 3.05) is 27.8 Å². The third-order valence-corrected chi connectivity index (χ3v) is 3.73. The zero-order valence-corrected chi connectivity index (χ0v) is 17.5. The van der Waals surface area contributed by atoms with Crippen LogP contribution in [0.5, 0.6) is 11.5 Å². The second-order valence-electron chi connectivity index (χ2n) is 5.42. The molecule has 0 spiro atoms. The van der Waals surface area contributed by atoms with Gasteiger partial charge in [0.05, 0.1) is 14.2 Å². The summed E-state index contributed by atoms with van der Waals surface area (Å²) in [5, 5.41) is 6.41. The van der Waals surface area contributed by atoms with E-state index in [1.165, 1.54) is 12.1 Å². The summed E-state index contributed by atoms with van der Waals surface area (Å²) in [7, 11) is 4.95. The molecule has 26 heavy (non-hydrogen) atoms. The Morgan fingerprint density at radius 2 is 1.77 bits per heavy atom. The summed E-state index contributed by atoms with van der Waals surface area (Å²) in [4.78, 5) is 4.17. The van der Waals surface area contributed by atoms with Gasteiger partial charge in [0.15, 0.2) is 17.5 Å². The van der Waals surface area contributed by atoms with Gasteiger partial charge in [0, 0.05) is 20.1 Å². The fourth-order valence-electron chi connectivity index (χ4n) is 2.41. The number of guanidine groups is 1. The molecular formula is C19H25FIN3O2. The topological polar surface area (TPSA) is 54.9 Å². The number of hydrogen-bond acceptors (Lipinski definition) is 3. The highest BCUT2D eigenvalue weighted by atomic mass is 127. The van der Waals surface area contributed by atoms with Crippen molar-refractivity contribution < 1.29 is 13.9 Å². The van der Waals surface area contributed by atoms with Crippen LogP contribution in [0.2, 0.25) is 0 Å². The molecule has 5 nitrogen and oxygen atoms in total. The minimum absolute atomic E-state index is 0. The normalized spacial score (nSPS) is 10.7. The van der Waals surface area contributed by atoms with E-state index in [1.807, 2.05) is 24.3 Å². The first-order chi connectivity index (χ1) is 12.2. The van der Waals surface area contributed by atoms with Gasteiger partial charge < -0.3 is 20.1 Å². The van der Waals surface area contributed by atoms with Gasteiger partial charge in [0.1, 0.15) is 5.82 Å². The number of ether oxygens (including phenoxy) is 2. The van der Waals surface area contributed by atoms with Crippen LogP contribution in [-0.2, 0) is 13.0 Å². The molecule has 0 fully saturated rings. The van der Waals surface area contributed by atoms with Crippen LogP contribution in [0.3, 0.4) is 0 Å². The van der Waals surface area contributed by atoms with Crippen LogP contribution in [0.25, 0.3) is 0 Å². The fraction of sp³-hybridized carbons (Fsp3) is 0.316. The van der Waals surface area contributed by atoms with E-state index in [-0.39, 0.29) is 29.8 Å². The fourth-order valence-corrected chi connectivity index (χ4v) is 2.41. The molecule has 0 aromatic heterocycles. The molecule has 0 atom stereocenters. The van der Waals surface area contributed by atoms with Crippen LogP contribution in [-0.4, -0.2) is 33.8 Å². The quantitative estimate of drug-likeness (QED) is 0.368. The summed E-state index contributed by atoms with van der Waals surface area (Å²) in [6, 6.07) is 12.4. The van der Waals surface area contributed by atoms with Crippen molar-refractivity contribution in [3.05, 3.63) is 59.4 Å². The Morgan fingerprint density at radius 3 is 2.42 bits per heavy atom. The third-order valence-electron chi connectivity index (χ3n) is 3.73. The van der Waals surface area contributed by atoms with Crippen molar-refractivity contribution >= 4 is 29.9 Å². The van der Waals surface area contributed by atoms with Gasteiger partial charge in [-0.15, -0.1) is 24.0 Å². The number of rotatable bonds is 7. The van der Waals surface area contributed by atoms with Crippen LogP contribution in [0.1, 0.15) is 11.1 Å². The van der Waals surface area contributed by atoms with Crippen molar-refractivity contribution in [2.45, 2.75) is 13.0 Å². The average Bonchev–Trinajstić information content (AvgIpc) is 2.64. The van der Waals surface area contributed by atoms with Gasteiger partial charge in [-0.3, -0.25) is 4.99 Å².